The number of rotatable bonds is 4. The highest BCUT2D eigenvalue weighted by molar-refractivity contribution is 6.06. The van der Waals surface area contributed by atoms with Crippen LogP contribution in [-0.4, -0.2) is 23.9 Å². The number of nitrogens with zero attached hydrogens (tertiary/aromatic N) is 1. The first-order chi connectivity index (χ1) is 12.5. The molecule has 2 aromatic rings. The number of carbonyl (C=O) groups excluding carboxylic acids is 2. The van der Waals surface area contributed by atoms with E-state index in [0.717, 1.165) is 31.4 Å². The molecule has 0 saturated carbocycles. The Bertz CT molecular complexity index is 928. The number of nitro benzene ring substituents is 1. The molecular formula is C16H10F4N2O5. The van der Waals surface area contributed by atoms with E-state index in [1.165, 1.54) is 0 Å². The minimum atomic E-state index is -4.98. The summed E-state index contributed by atoms with van der Waals surface area (Å²) in [6.07, 6.45) is -4.98. The van der Waals surface area contributed by atoms with Crippen molar-refractivity contribution in [1.82, 2.24) is 0 Å². The van der Waals surface area contributed by atoms with E-state index in [1.54, 1.807) is 0 Å². The lowest BCUT2D eigenvalue weighted by molar-refractivity contribution is -0.384. The van der Waals surface area contributed by atoms with Gasteiger partial charge in [-0.1, -0.05) is 0 Å². The van der Waals surface area contributed by atoms with Gasteiger partial charge in [0.15, 0.2) is 0 Å². The lowest BCUT2D eigenvalue weighted by Crippen LogP contribution is -2.15. The van der Waals surface area contributed by atoms with Crippen LogP contribution in [0.15, 0.2) is 36.4 Å². The second kappa shape index (κ2) is 7.40. The number of carbonyl (C=O) groups is 2. The van der Waals surface area contributed by atoms with Gasteiger partial charge in [0, 0.05) is 23.4 Å². The standard InChI is InChI=1S/C16H10F4N2O5/c1-27-15(24)9-4-8(5-11(6-9)22(25)26)14(23)21-10-2-3-13(17)12(7-10)16(18,19)20/h2-7H,1H3,(H,21,23). The van der Waals surface area contributed by atoms with E-state index < -0.39 is 40.0 Å². The fourth-order valence-corrected chi connectivity index (χ4v) is 2.11. The second-order valence-corrected chi connectivity index (χ2v) is 5.16. The minimum Gasteiger partial charge on any atom is -0.465 e. The Kier molecular flexibility index (Phi) is 5.43. The predicted molar refractivity (Wildman–Crippen MR) is 83.8 cm³/mol. The number of alkyl halides is 3. The number of hydrogen-bond donors (Lipinski definition) is 1. The average Bonchev–Trinajstić information content (AvgIpc) is 2.61. The van der Waals surface area contributed by atoms with Crippen molar-refractivity contribution < 1.29 is 36.8 Å². The molecule has 27 heavy (non-hydrogen) atoms. The van der Waals surface area contributed by atoms with Crippen LogP contribution in [0.2, 0.25) is 0 Å². The number of nitrogens with one attached hydrogen (secondary N) is 1. The molecule has 142 valence electrons. The molecule has 0 spiro atoms. The first-order valence-electron chi connectivity index (χ1n) is 7.09. The molecule has 0 bridgehead atoms. The highest BCUT2D eigenvalue weighted by Crippen LogP contribution is 2.33. The van der Waals surface area contributed by atoms with E-state index in [9.17, 15) is 37.3 Å². The third kappa shape index (κ3) is 4.57. The van der Waals surface area contributed by atoms with Gasteiger partial charge in [0.2, 0.25) is 0 Å². The number of anilines is 1. The molecule has 1 N–H and O–H groups in total. The molecule has 0 heterocycles. The van der Waals surface area contributed by atoms with Gasteiger partial charge in [-0.3, -0.25) is 14.9 Å². The Balaban J connectivity index is 2.40. The molecule has 0 fully saturated rings. The maximum Gasteiger partial charge on any atom is 0.419 e. The normalized spacial score (nSPS) is 11.0. The fourth-order valence-electron chi connectivity index (χ4n) is 2.11. The maximum absolute atomic E-state index is 13.3. The predicted octanol–water partition coefficient (Wildman–Crippen LogP) is 3.79. The van der Waals surface area contributed by atoms with Gasteiger partial charge in [0.05, 0.1) is 23.2 Å². The molecule has 0 aliphatic rings. The molecule has 11 heteroatoms. The molecule has 7 nitrogen and oxygen atoms in total. The number of esters is 1. The van der Waals surface area contributed by atoms with E-state index in [2.05, 4.69) is 10.1 Å². The number of amides is 1. The van der Waals surface area contributed by atoms with Crippen LogP contribution in [-0.2, 0) is 10.9 Å². The van der Waals surface area contributed by atoms with Crippen molar-refractivity contribution in [1.29, 1.82) is 0 Å². The Hall–Kier alpha value is -3.50. The van der Waals surface area contributed by atoms with Crippen LogP contribution in [0.25, 0.3) is 0 Å². The monoisotopic (exact) mass is 386 g/mol. The molecule has 0 aromatic heterocycles. The van der Waals surface area contributed by atoms with Crippen LogP contribution in [0.4, 0.5) is 28.9 Å². The maximum atomic E-state index is 13.3. The number of benzene rings is 2. The highest BCUT2D eigenvalue weighted by atomic mass is 19.4. The van der Waals surface area contributed by atoms with Crippen LogP contribution in [0.5, 0.6) is 0 Å². The zero-order chi connectivity index (χ0) is 20.4. The average molecular weight is 386 g/mol. The van der Waals surface area contributed by atoms with Gasteiger partial charge >= 0.3 is 12.1 Å². The van der Waals surface area contributed by atoms with Crippen LogP contribution >= 0.6 is 0 Å². The third-order valence-corrected chi connectivity index (χ3v) is 3.34. The summed E-state index contributed by atoms with van der Waals surface area (Å²) in [5, 5.41) is 13.0. The minimum absolute atomic E-state index is 0.299. The van der Waals surface area contributed by atoms with Crippen molar-refractivity contribution in [3.05, 3.63) is 69.0 Å². The van der Waals surface area contributed by atoms with Crippen LogP contribution in [0, 0.1) is 15.9 Å². The number of non-ortho nitro benzene ring substituents is 1. The van der Waals surface area contributed by atoms with Crippen LogP contribution in [0.1, 0.15) is 26.3 Å². The van der Waals surface area contributed by atoms with Crippen molar-refractivity contribution in [2.75, 3.05) is 12.4 Å². The van der Waals surface area contributed by atoms with E-state index >= 15 is 0 Å². The number of hydrogen-bond acceptors (Lipinski definition) is 5. The second-order valence-electron chi connectivity index (χ2n) is 5.16. The van der Waals surface area contributed by atoms with Crippen LogP contribution < -0.4 is 5.32 Å². The molecule has 0 aliphatic heterocycles. The summed E-state index contributed by atoms with van der Waals surface area (Å²) in [6, 6.07) is 4.47. The lowest BCUT2D eigenvalue weighted by Gasteiger charge is -2.11. The van der Waals surface area contributed by atoms with Gasteiger partial charge < -0.3 is 10.1 Å². The SMILES string of the molecule is COC(=O)c1cc(C(=O)Nc2ccc(F)c(C(F)(F)F)c2)cc([N+](=O)[O-])c1. The summed E-state index contributed by atoms with van der Waals surface area (Å²) in [5.74, 6) is -3.51. The smallest absolute Gasteiger partial charge is 0.419 e. The summed E-state index contributed by atoms with van der Waals surface area (Å²) >= 11 is 0. The molecule has 0 radical (unpaired) electrons. The van der Waals surface area contributed by atoms with Gasteiger partial charge in [-0.25, -0.2) is 9.18 Å². The summed E-state index contributed by atoms with van der Waals surface area (Å²) in [5.41, 5.74) is -3.25. The molecule has 2 aromatic carbocycles. The fraction of sp³-hybridized carbons (Fsp3) is 0.125. The van der Waals surface area contributed by atoms with E-state index in [-0.39, 0.29) is 16.8 Å². The molecular weight excluding hydrogens is 376 g/mol. The molecule has 2 rings (SSSR count). The summed E-state index contributed by atoms with van der Waals surface area (Å²) in [7, 11) is 1.03. The molecule has 0 unspecified atom stereocenters. The third-order valence-electron chi connectivity index (χ3n) is 3.34. The van der Waals surface area contributed by atoms with Crippen molar-refractivity contribution in [2.24, 2.45) is 0 Å². The largest absolute Gasteiger partial charge is 0.465 e. The van der Waals surface area contributed by atoms with Gasteiger partial charge in [0.25, 0.3) is 11.6 Å². The zero-order valence-corrected chi connectivity index (χ0v) is 13.5. The van der Waals surface area contributed by atoms with Gasteiger partial charge in [-0.15, -0.1) is 0 Å². The van der Waals surface area contributed by atoms with Gasteiger partial charge in [0.1, 0.15) is 5.82 Å². The molecule has 0 saturated heterocycles. The summed E-state index contributed by atoms with van der Waals surface area (Å²) in [6.45, 7) is 0. The summed E-state index contributed by atoms with van der Waals surface area (Å²) in [4.78, 5) is 33.9. The number of methoxy groups -OCH3 is 1. The van der Waals surface area contributed by atoms with E-state index in [0.29, 0.717) is 12.1 Å². The Morgan fingerprint density at radius 1 is 1.11 bits per heavy atom. The van der Waals surface area contributed by atoms with Crippen molar-refractivity contribution in [2.45, 2.75) is 6.18 Å². The molecule has 0 atom stereocenters. The Morgan fingerprint density at radius 3 is 2.30 bits per heavy atom. The summed E-state index contributed by atoms with van der Waals surface area (Å²) < 4.78 is 55.9. The van der Waals surface area contributed by atoms with Crippen LogP contribution in [0.3, 0.4) is 0 Å². The molecule has 1 amide bonds. The van der Waals surface area contributed by atoms with Gasteiger partial charge in [-0.05, 0) is 24.3 Å². The van der Waals surface area contributed by atoms with Crippen molar-refractivity contribution in [3.8, 4) is 0 Å². The number of nitro groups is 1. The van der Waals surface area contributed by atoms with E-state index in [1.807, 2.05) is 0 Å². The van der Waals surface area contributed by atoms with Crippen molar-refractivity contribution >= 4 is 23.3 Å². The lowest BCUT2D eigenvalue weighted by atomic mass is 10.1. The first-order valence-corrected chi connectivity index (χ1v) is 7.09. The topological polar surface area (TPSA) is 98.5 Å². The Labute approximate surface area is 148 Å². The van der Waals surface area contributed by atoms with Crippen molar-refractivity contribution in [3.63, 3.8) is 0 Å². The number of halogens is 4. The van der Waals surface area contributed by atoms with E-state index in [4.69, 9.17) is 0 Å². The highest BCUT2D eigenvalue weighted by Gasteiger charge is 2.34. The quantitative estimate of drug-likeness (QED) is 0.373. The molecule has 0 aliphatic carbocycles. The number of ether oxygens (including phenoxy) is 1. The zero-order valence-electron chi connectivity index (χ0n) is 13.5. The van der Waals surface area contributed by atoms with Gasteiger partial charge in [-0.2, -0.15) is 13.2 Å². The first kappa shape index (κ1) is 19.8. The Morgan fingerprint density at radius 2 is 1.74 bits per heavy atom.